The van der Waals surface area contributed by atoms with Gasteiger partial charge in [-0.2, -0.15) is 4.37 Å². The number of oxime groups is 1. The lowest BCUT2D eigenvalue weighted by Crippen LogP contribution is -2.14. The normalized spacial score (nSPS) is 11.5. The zero-order valence-corrected chi connectivity index (χ0v) is 13.1. The summed E-state index contributed by atoms with van der Waals surface area (Å²) in [5.41, 5.74) is 2.80. The molecule has 0 aliphatic rings. The van der Waals surface area contributed by atoms with Crippen LogP contribution in [0.2, 0.25) is 5.02 Å². The number of hydrogen-bond acceptors (Lipinski definition) is 5. The van der Waals surface area contributed by atoms with Gasteiger partial charge in [0.2, 0.25) is 5.91 Å². The molecule has 0 aliphatic carbocycles. The predicted octanol–water partition coefficient (Wildman–Crippen LogP) is 3.48. The van der Waals surface area contributed by atoms with Gasteiger partial charge in [-0.25, -0.2) is 0 Å². The van der Waals surface area contributed by atoms with E-state index in [0.717, 1.165) is 22.7 Å². The van der Waals surface area contributed by atoms with Crippen LogP contribution < -0.4 is 5.32 Å². The zero-order chi connectivity index (χ0) is 15.4. The molecular formula is C14H14ClN3O2S. The molecule has 21 heavy (non-hydrogen) atoms. The van der Waals surface area contributed by atoms with E-state index in [1.54, 1.807) is 13.8 Å². The van der Waals surface area contributed by atoms with Crippen molar-refractivity contribution in [3.8, 4) is 0 Å². The third-order valence-electron chi connectivity index (χ3n) is 2.90. The summed E-state index contributed by atoms with van der Waals surface area (Å²) in [6.07, 6.45) is 0.208. The van der Waals surface area contributed by atoms with E-state index in [1.165, 1.54) is 0 Å². The molecule has 0 bridgehead atoms. The third kappa shape index (κ3) is 3.80. The Morgan fingerprint density at radius 2 is 2.29 bits per heavy atom. The maximum absolute atomic E-state index is 12.0. The monoisotopic (exact) mass is 323 g/mol. The van der Waals surface area contributed by atoms with Crippen molar-refractivity contribution in [1.82, 2.24) is 4.37 Å². The van der Waals surface area contributed by atoms with Crippen LogP contribution in [0.3, 0.4) is 0 Å². The Hall–Kier alpha value is -1.92. The minimum Gasteiger partial charge on any atom is -0.411 e. The van der Waals surface area contributed by atoms with Crippen LogP contribution in [0.5, 0.6) is 0 Å². The third-order valence-corrected chi connectivity index (χ3v) is 4.33. The molecule has 0 radical (unpaired) electrons. The molecule has 2 aromatic rings. The average Bonchev–Trinajstić information content (AvgIpc) is 2.78. The fourth-order valence-electron chi connectivity index (χ4n) is 1.76. The number of rotatable bonds is 4. The number of nitrogens with zero attached hydrogens (tertiary/aromatic N) is 2. The second-order valence-electron chi connectivity index (χ2n) is 4.52. The molecule has 110 valence electrons. The van der Waals surface area contributed by atoms with E-state index in [4.69, 9.17) is 16.8 Å². The highest BCUT2D eigenvalue weighted by Gasteiger charge is 2.12. The van der Waals surface area contributed by atoms with Crippen molar-refractivity contribution in [2.45, 2.75) is 20.3 Å². The first-order valence-corrected chi connectivity index (χ1v) is 7.36. The predicted molar refractivity (Wildman–Crippen MR) is 84.6 cm³/mol. The smallest absolute Gasteiger partial charge is 0.229 e. The summed E-state index contributed by atoms with van der Waals surface area (Å²) < 4.78 is 4.08. The largest absolute Gasteiger partial charge is 0.411 e. The molecule has 1 aromatic carbocycles. The molecule has 1 aromatic heterocycles. The van der Waals surface area contributed by atoms with Crippen molar-refractivity contribution in [2.75, 3.05) is 5.32 Å². The standard InChI is InChI=1S/C14H14ClN3O2S/c1-8(17-20)11-5-3-4-10(6-11)7-12(19)16-14-13(15)9(2)18-21-14/h3-6,20H,7H2,1-2H3,(H,16,19)/b17-8+. The molecule has 0 saturated heterocycles. The van der Waals surface area contributed by atoms with Crippen molar-refractivity contribution in [3.63, 3.8) is 0 Å². The average molecular weight is 324 g/mol. The highest BCUT2D eigenvalue weighted by molar-refractivity contribution is 7.11. The highest BCUT2D eigenvalue weighted by Crippen LogP contribution is 2.29. The topological polar surface area (TPSA) is 74.6 Å². The number of hydrogen-bond donors (Lipinski definition) is 2. The van der Waals surface area contributed by atoms with Crippen LogP contribution in [0, 0.1) is 6.92 Å². The number of benzene rings is 1. The molecule has 0 saturated carbocycles. The molecule has 0 fully saturated rings. The van der Waals surface area contributed by atoms with Crippen LogP contribution in [0.1, 0.15) is 23.7 Å². The molecule has 5 nitrogen and oxygen atoms in total. The maximum Gasteiger partial charge on any atom is 0.229 e. The molecule has 2 rings (SSSR count). The van der Waals surface area contributed by atoms with E-state index in [2.05, 4.69) is 14.8 Å². The maximum atomic E-state index is 12.0. The SMILES string of the molecule is C/C(=N\O)c1cccc(CC(=O)Nc2snc(C)c2Cl)c1. The number of aryl methyl sites for hydroxylation is 1. The van der Waals surface area contributed by atoms with E-state index in [1.807, 2.05) is 24.3 Å². The van der Waals surface area contributed by atoms with E-state index in [-0.39, 0.29) is 12.3 Å². The van der Waals surface area contributed by atoms with Crippen LogP contribution in [0.25, 0.3) is 0 Å². The van der Waals surface area contributed by atoms with Gasteiger partial charge < -0.3 is 10.5 Å². The number of nitrogens with one attached hydrogen (secondary N) is 1. The van der Waals surface area contributed by atoms with Gasteiger partial charge in [0.05, 0.1) is 22.8 Å². The molecule has 1 heterocycles. The van der Waals surface area contributed by atoms with E-state index in [9.17, 15) is 4.79 Å². The number of anilines is 1. The summed E-state index contributed by atoms with van der Waals surface area (Å²) in [5, 5.41) is 15.7. The first-order chi connectivity index (χ1) is 10.0. The van der Waals surface area contributed by atoms with Gasteiger partial charge in [0.1, 0.15) is 5.00 Å². The fourth-order valence-corrected chi connectivity index (χ4v) is 2.71. The van der Waals surface area contributed by atoms with Crippen molar-refractivity contribution < 1.29 is 10.0 Å². The lowest BCUT2D eigenvalue weighted by atomic mass is 10.1. The first kappa shape index (κ1) is 15.5. The van der Waals surface area contributed by atoms with Crippen LogP contribution in [-0.2, 0) is 11.2 Å². The van der Waals surface area contributed by atoms with Crippen molar-refractivity contribution in [3.05, 3.63) is 46.1 Å². The summed E-state index contributed by atoms with van der Waals surface area (Å²) in [5.74, 6) is -0.170. The molecule has 2 N–H and O–H groups in total. The molecule has 7 heteroatoms. The number of aromatic nitrogens is 1. The van der Waals surface area contributed by atoms with E-state index < -0.39 is 0 Å². The fraction of sp³-hybridized carbons (Fsp3) is 0.214. The van der Waals surface area contributed by atoms with Crippen LogP contribution in [0.4, 0.5) is 5.00 Å². The van der Waals surface area contributed by atoms with Crippen molar-refractivity contribution >= 4 is 39.8 Å². The molecule has 0 spiro atoms. The lowest BCUT2D eigenvalue weighted by Gasteiger charge is -2.05. The first-order valence-electron chi connectivity index (χ1n) is 6.21. The Balaban J connectivity index is 2.08. The second kappa shape index (κ2) is 6.69. The minimum absolute atomic E-state index is 0.170. The van der Waals surface area contributed by atoms with Gasteiger partial charge in [0.15, 0.2) is 0 Å². The van der Waals surface area contributed by atoms with Gasteiger partial charge in [-0.15, -0.1) is 0 Å². The van der Waals surface area contributed by atoms with Gasteiger partial charge in [0, 0.05) is 0 Å². The Morgan fingerprint density at radius 1 is 1.52 bits per heavy atom. The molecule has 1 amide bonds. The van der Waals surface area contributed by atoms with E-state index >= 15 is 0 Å². The van der Waals surface area contributed by atoms with Gasteiger partial charge in [-0.3, -0.25) is 4.79 Å². The Labute approximate surface area is 131 Å². The summed E-state index contributed by atoms with van der Waals surface area (Å²) >= 11 is 7.19. The minimum atomic E-state index is -0.170. The van der Waals surface area contributed by atoms with Crippen molar-refractivity contribution in [2.24, 2.45) is 5.16 Å². The molecular weight excluding hydrogens is 310 g/mol. The lowest BCUT2D eigenvalue weighted by molar-refractivity contribution is -0.115. The Morgan fingerprint density at radius 3 is 2.90 bits per heavy atom. The highest BCUT2D eigenvalue weighted by atomic mass is 35.5. The molecule has 0 aliphatic heterocycles. The van der Waals surface area contributed by atoms with Crippen molar-refractivity contribution in [1.29, 1.82) is 0 Å². The van der Waals surface area contributed by atoms with E-state index in [0.29, 0.717) is 21.4 Å². The summed E-state index contributed by atoms with van der Waals surface area (Å²) in [6.45, 7) is 3.48. The van der Waals surface area contributed by atoms with Gasteiger partial charge >= 0.3 is 0 Å². The van der Waals surface area contributed by atoms with Gasteiger partial charge in [-0.05, 0) is 42.6 Å². The number of halogens is 1. The van der Waals surface area contributed by atoms with Crippen LogP contribution in [-0.4, -0.2) is 21.2 Å². The Kier molecular flexibility index (Phi) is 4.93. The number of amides is 1. The molecule has 0 unspecified atom stereocenters. The summed E-state index contributed by atoms with van der Waals surface area (Å²) in [4.78, 5) is 12.0. The second-order valence-corrected chi connectivity index (χ2v) is 5.67. The zero-order valence-electron chi connectivity index (χ0n) is 11.6. The summed E-state index contributed by atoms with van der Waals surface area (Å²) in [6, 6.07) is 7.29. The Bertz CT molecular complexity index is 697. The van der Waals surface area contributed by atoms with Gasteiger partial charge in [-0.1, -0.05) is 35.0 Å². The van der Waals surface area contributed by atoms with Crippen LogP contribution in [0.15, 0.2) is 29.4 Å². The molecule has 0 atom stereocenters. The van der Waals surface area contributed by atoms with Crippen LogP contribution >= 0.6 is 23.1 Å². The van der Waals surface area contributed by atoms with Gasteiger partial charge in [0.25, 0.3) is 0 Å². The number of carbonyl (C=O) groups is 1. The number of carbonyl (C=O) groups excluding carboxylic acids is 1. The quantitative estimate of drug-likeness (QED) is 0.514. The summed E-state index contributed by atoms with van der Waals surface area (Å²) in [7, 11) is 0.